The fourth-order valence-corrected chi connectivity index (χ4v) is 3.73. The Balaban J connectivity index is 1.92. The third-order valence-corrected chi connectivity index (χ3v) is 5.09. The number of hydrogen-bond acceptors (Lipinski definition) is 2. The number of phenolic OH excluding ortho intramolecular Hbond substituents is 1. The quantitative estimate of drug-likeness (QED) is 0.651. The predicted octanol–water partition coefficient (Wildman–Crippen LogP) is 5.82. The molecular formula is C22H28O2. The molecule has 2 nitrogen and oxygen atoms in total. The van der Waals surface area contributed by atoms with Gasteiger partial charge in [0.15, 0.2) is 0 Å². The molecule has 1 N–H and O–H groups in total. The largest absolute Gasteiger partial charge is 0.507 e. The zero-order chi connectivity index (χ0) is 16.9. The monoisotopic (exact) mass is 324 g/mol. The molecule has 0 atom stereocenters. The van der Waals surface area contributed by atoms with Gasteiger partial charge in [-0.15, -0.1) is 0 Å². The second kappa shape index (κ2) is 7.74. The third kappa shape index (κ3) is 3.28. The lowest BCUT2D eigenvalue weighted by Crippen LogP contribution is -1.98. The summed E-state index contributed by atoms with van der Waals surface area (Å²) in [5, 5.41) is 10.9. The van der Waals surface area contributed by atoms with Gasteiger partial charge in [-0.3, -0.25) is 0 Å². The summed E-state index contributed by atoms with van der Waals surface area (Å²) in [4.78, 5) is 0. The maximum absolute atomic E-state index is 10.9. The van der Waals surface area contributed by atoms with Gasteiger partial charge < -0.3 is 9.84 Å². The van der Waals surface area contributed by atoms with E-state index in [9.17, 15) is 5.11 Å². The van der Waals surface area contributed by atoms with Crippen molar-refractivity contribution in [1.82, 2.24) is 0 Å². The Kier molecular flexibility index (Phi) is 5.44. The van der Waals surface area contributed by atoms with Gasteiger partial charge in [0.2, 0.25) is 0 Å². The van der Waals surface area contributed by atoms with Crippen LogP contribution in [0.25, 0.3) is 11.1 Å². The fraction of sp³-hybridized carbons (Fsp3) is 0.455. The molecule has 2 aromatic rings. The number of unbranched alkanes of at least 4 members (excludes halogenated alkanes) is 4. The number of benzene rings is 2. The molecule has 0 aliphatic carbocycles. The van der Waals surface area contributed by atoms with Crippen molar-refractivity contribution in [2.45, 2.75) is 58.8 Å². The maximum atomic E-state index is 10.9. The van der Waals surface area contributed by atoms with Gasteiger partial charge in [-0.25, -0.2) is 0 Å². The lowest BCUT2D eigenvalue weighted by molar-refractivity contribution is 0.352. The van der Waals surface area contributed by atoms with Crippen molar-refractivity contribution in [1.29, 1.82) is 0 Å². The van der Waals surface area contributed by atoms with E-state index in [0.29, 0.717) is 5.75 Å². The molecule has 1 aliphatic rings. The van der Waals surface area contributed by atoms with Crippen molar-refractivity contribution >= 4 is 0 Å². The number of fused-ring (bicyclic) bond motifs is 1. The highest BCUT2D eigenvalue weighted by Gasteiger charge is 2.26. The van der Waals surface area contributed by atoms with E-state index in [1.165, 1.54) is 43.2 Å². The molecule has 0 bridgehead atoms. The molecule has 0 unspecified atom stereocenters. The summed E-state index contributed by atoms with van der Waals surface area (Å²) in [6.07, 6.45) is 8.18. The molecule has 0 saturated carbocycles. The molecule has 1 heterocycles. The normalized spacial score (nSPS) is 12.9. The van der Waals surface area contributed by atoms with Crippen LogP contribution in [-0.4, -0.2) is 11.7 Å². The van der Waals surface area contributed by atoms with Crippen LogP contribution in [0.5, 0.6) is 11.5 Å². The molecule has 0 spiro atoms. The molecule has 0 aromatic heterocycles. The van der Waals surface area contributed by atoms with E-state index >= 15 is 0 Å². The molecule has 3 rings (SSSR count). The van der Waals surface area contributed by atoms with Crippen molar-refractivity contribution in [3.63, 3.8) is 0 Å². The minimum Gasteiger partial charge on any atom is -0.507 e. The maximum Gasteiger partial charge on any atom is 0.127 e. The van der Waals surface area contributed by atoms with Gasteiger partial charge in [0, 0.05) is 23.1 Å². The van der Waals surface area contributed by atoms with E-state index in [1.807, 2.05) is 25.1 Å². The van der Waals surface area contributed by atoms with Crippen LogP contribution in [0.15, 0.2) is 30.3 Å². The highest BCUT2D eigenvalue weighted by atomic mass is 16.5. The first-order valence-electron chi connectivity index (χ1n) is 9.29. The summed E-state index contributed by atoms with van der Waals surface area (Å²) >= 11 is 0. The van der Waals surface area contributed by atoms with Crippen LogP contribution < -0.4 is 4.74 Å². The van der Waals surface area contributed by atoms with Crippen LogP contribution in [0.4, 0.5) is 0 Å². The zero-order valence-electron chi connectivity index (χ0n) is 14.9. The number of rotatable bonds is 7. The molecular weight excluding hydrogens is 296 g/mol. The van der Waals surface area contributed by atoms with Gasteiger partial charge >= 0.3 is 0 Å². The molecule has 24 heavy (non-hydrogen) atoms. The average Bonchev–Trinajstić information content (AvgIpc) is 3.07. The minimum absolute atomic E-state index is 0.439. The molecule has 1 aliphatic heterocycles. The lowest BCUT2D eigenvalue weighted by atomic mass is 9.89. The Hall–Kier alpha value is -1.96. The Morgan fingerprint density at radius 3 is 2.54 bits per heavy atom. The summed E-state index contributed by atoms with van der Waals surface area (Å²) in [5.74, 6) is 1.48. The fourth-order valence-electron chi connectivity index (χ4n) is 3.73. The van der Waals surface area contributed by atoms with Crippen LogP contribution in [0.3, 0.4) is 0 Å². The van der Waals surface area contributed by atoms with Gasteiger partial charge in [-0.05, 0) is 30.9 Å². The topological polar surface area (TPSA) is 29.5 Å². The number of ether oxygens (including phenoxy) is 1. The first-order valence-corrected chi connectivity index (χ1v) is 9.29. The zero-order valence-corrected chi connectivity index (χ0v) is 14.9. The van der Waals surface area contributed by atoms with Crippen LogP contribution in [0, 0.1) is 6.92 Å². The SMILES string of the molecule is CCCCCCCc1c(C)c(O)c(-c2ccccc2)c2c1OCC2. The van der Waals surface area contributed by atoms with Gasteiger partial charge in [0.25, 0.3) is 0 Å². The van der Waals surface area contributed by atoms with E-state index in [2.05, 4.69) is 19.1 Å². The predicted molar refractivity (Wildman–Crippen MR) is 99.9 cm³/mol. The second-order valence-corrected chi connectivity index (χ2v) is 6.76. The molecule has 2 heteroatoms. The molecule has 0 fully saturated rings. The average molecular weight is 324 g/mol. The number of hydrogen-bond donors (Lipinski definition) is 1. The van der Waals surface area contributed by atoms with Crippen molar-refractivity contribution in [2.24, 2.45) is 0 Å². The molecule has 0 radical (unpaired) electrons. The van der Waals surface area contributed by atoms with Crippen LogP contribution >= 0.6 is 0 Å². The Labute approximate surface area is 145 Å². The van der Waals surface area contributed by atoms with Crippen molar-refractivity contribution in [3.8, 4) is 22.6 Å². The second-order valence-electron chi connectivity index (χ2n) is 6.76. The van der Waals surface area contributed by atoms with Crippen molar-refractivity contribution < 1.29 is 9.84 Å². The molecule has 0 saturated heterocycles. The Bertz CT molecular complexity index is 689. The summed E-state index contributed by atoms with van der Waals surface area (Å²) < 4.78 is 5.99. The first kappa shape index (κ1) is 16.9. The Morgan fingerprint density at radius 1 is 1.04 bits per heavy atom. The van der Waals surface area contributed by atoms with Gasteiger partial charge in [-0.1, -0.05) is 62.9 Å². The third-order valence-electron chi connectivity index (χ3n) is 5.09. The standard InChI is InChI=1S/C22H28O2/c1-3-4-5-6-10-13-18-16(2)21(23)20(17-11-8-7-9-12-17)19-14-15-24-22(18)19/h7-9,11-12,23H,3-6,10,13-15H2,1-2H3. The van der Waals surface area contributed by atoms with E-state index in [-0.39, 0.29) is 0 Å². The first-order chi connectivity index (χ1) is 11.7. The van der Waals surface area contributed by atoms with E-state index in [4.69, 9.17) is 4.74 Å². The van der Waals surface area contributed by atoms with Crippen LogP contribution in [0.2, 0.25) is 0 Å². The molecule has 0 amide bonds. The van der Waals surface area contributed by atoms with E-state index < -0.39 is 0 Å². The van der Waals surface area contributed by atoms with Crippen molar-refractivity contribution in [2.75, 3.05) is 6.61 Å². The summed E-state index contributed by atoms with van der Waals surface area (Å²) in [6, 6.07) is 10.2. The highest BCUT2D eigenvalue weighted by Crippen LogP contribution is 2.46. The summed E-state index contributed by atoms with van der Waals surface area (Å²) in [7, 11) is 0. The molecule has 2 aromatic carbocycles. The van der Waals surface area contributed by atoms with Gasteiger partial charge in [0.05, 0.1) is 6.61 Å². The highest BCUT2D eigenvalue weighted by molar-refractivity contribution is 5.80. The Morgan fingerprint density at radius 2 is 1.79 bits per heavy atom. The van der Waals surface area contributed by atoms with E-state index in [0.717, 1.165) is 41.9 Å². The van der Waals surface area contributed by atoms with Crippen molar-refractivity contribution in [3.05, 3.63) is 47.0 Å². The number of phenols is 1. The molecule has 128 valence electrons. The van der Waals surface area contributed by atoms with Crippen LogP contribution in [0.1, 0.15) is 55.7 Å². The summed E-state index contributed by atoms with van der Waals surface area (Å²) in [5.41, 5.74) is 5.44. The van der Waals surface area contributed by atoms with Gasteiger partial charge in [0.1, 0.15) is 11.5 Å². The van der Waals surface area contributed by atoms with Gasteiger partial charge in [-0.2, -0.15) is 0 Å². The summed E-state index contributed by atoms with van der Waals surface area (Å²) in [6.45, 7) is 5.00. The van der Waals surface area contributed by atoms with Crippen LogP contribution in [-0.2, 0) is 12.8 Å². The minimum atomic E-state index is 0.439. The van der Waals surface area contributed by atoms with E-state index in [1.54, 1.807) is 0 Å². The lowest BCUT2D eigenvalue weighted by Gasteiger charge is -2.18. The number of aromatic hydroxyl groups is 1. The smallest absolute Gasteiger partial charge is 0.127 e.